The zero-order valence-corrected chi connectivity index (χ0v) is 13.6. The minimum atomic E-state index is 0.00620. The molecule has 0 spiro atoms. The van der Waals surface area contributed by atoms with Crippen LogP contribution >= 0.6 is 11.6 Å². The number of halogens is 1. The smallest absolute Gasteiger partial charge is 0.234 e. The van der Waals surface area contributed by atoms with E-state index in [2.05, 4.69) is 22.0 Å². The molecule has 4 nitrogen and oxygen atoms in total. The second-order valence-electron chi connectivity index (χ2n) is 5.55. The van der Waals surface area contributed by atoms with Crippen LogP contribution in [0.2, 0.25) is 5.02 Å². The second kappa shape index (κ2) is 7.78. The van der Waals surface area contributed by atoms with Crippen LogP contribution in [-0.2, 0) is 4.79 Å². The summed E-state index contributed by atoms with van der Waals surface area (Å²) in [6.45, 7) is 9.79. The van der Waals surface area contributed by atoms with Gasteiger partial charge in [-0.15, -0.1) is 0 Å². The number of benzene rings is 1. The van der Waals surface area contributed by atoms with E-state index >= 15 is 0 Å². The summed E-state index contributed by atoms with van der Waals surface area (Å²) in [5.41, 5.74) is 1.07. The molecule has 0 aliphatic carbocycles. The highest BCUT2D eigenvalue weighted by atomic mass is 35.5. The lowest BCUT2D eigenvalue weighted by Crippen LogP contribution is -2.49. The summed E-state index contributed by atoms with van der Waals surface area (Å²) in [7, 11) is 0. The standard InChI is InChI=1S/C16H24ClN3O/c1-3-19-8-10-20(11-9-19)12-16(21)18-13(2)14-4-6-15(17)7-5-14/h4-7,13H,3,8-12H2,1-2H3,(H,18,21)/t13-/m1/s1. The lowest BCUT2D eigenvalue weighted by molar-refractivity contribution is -0.123. The second-order valence-corrected chi connectivity index (χ2v) is 5.99. The number of hydrogen-bond donors (Lipinski definition) is 1. The van der Waals surface area contributed by atoms with Gasteiger partial charge in [-0.3, -0.25) is 9.69 Å². The highest BCUT2D eigenvalue weighted by Crippen LogP contribution is 2.16. The predicted octanol–water partition coefficient (Wildman–Crippen LogP) is 2.15. The minimum absolute atomic E-state index is 0.00620. The number of likely N-dealkylation sites (N-methyl/N-ethyl adjacent to an activating group) is 1. The number of nitrogens with zero attached hydrogens (tertiary/aromatic N) is 2. The number of piperazine rings is 1. The van der Waals surface area contributed by atoms with Crippen molar-refractivity contribution in [3.05, 3.63) is 34.9 Å². The van der Waals surface area contributed by atoms with Crippen molar-refractivity contribution in [2.45, 2.75) is 19.9 Å². The highest BCUT2D eigenvalue weighted by Gasteiger charge is 2.18. The first-order valence-electron chi connectivity index (χ1n) is 7.58. The summed E-state index contributed by atoms with van der Waals surface area (Å²) >= 11 is 5.88. The van der Waals surface area contributed by atoms with Gasteiger partial charge < -0.3 is 10.2 Å². The van der Waals surface area contributed by atoms with Gasteiger partial charge in [-0.25, -0.2) is 0 Å². The molecule has 1 heterocycles. The molecule has 0 unspecified atom stereocenters. The summed E-state index contributed by atoms with van der Waals surface area (Å²) < 4.78 is 0. The number of rotatable bonds is 5. The van der Waals surface area contributed by atoms with Crippen molar-refractivity contribution in [1.82, 2.24) is 15.1 Å². The van der Waals surface area contributed by atoms with Gasteiger partial charge in [0.1, 0.15) is 0 Å². The zero-order chi connectivity index (χ0) is 15.2. The van der Waals surface area contributed by atoms with Crippen molar-refractivity contribution in [1.29, 1.82) is 0 Å². The van der Waals surface area contributed by atoms with Crippen LogP contribution in [0.4, 0.5) is 0 Å². The molecule has 116 valence electrons. The average Bonchev–Trinajstić information content (AvgIpc) is 2.48. The molecule has 2 rings (SSSR count). The van der Waals surface area contributed by atoms with Crippen LogP contribution in [0.25, 0.3) is 0 Å². The third kappa shape index (κ3) is 4.99. The van der Waals surface area contributed by atoms with Gasteiger partial charge in [0.05, 0.1) is 12.6 Å². The Balaban J connectivity index is 1.78. The Hall–Kier alpha value is -1.10. The molecule has 1 atom stereocenters. The first-order valence-corrected chi connectivity index (χ1v) is 7.96. The molecule has 1 fully saturated rings. The number of carbonyl (C=O) groups is 1. The number of amides is 1. The summed E-state index contributed by atoms with van der Waals surface area (Å²) in [4.78, 5) is 16.7. The predicted molar refractivity (Wildman–Crippen MR) is 86.6 cm³/mol. The number of carbonyl (C=O) groups excluding carboxylic acids is 1. The molecule has 1 aromatic rings. The molecule has 0 bridgehead atoms. The van der Waals surface area contributed by atoms with Gasteiger partial charge in [0.25, 0.3) is 0 Å². The van der Waals surface area contributed by atoms with E-state index in [4.69, 9.17) is 11.6 Å². The quantitative estimate of drug-likeness (QED) is 0.905. The number of hydrogen-bond acceptors (Lipinski definition) is 3. The fourth-order valence-electron chi connectivity index (χ4n) is 2.59. The van der Waals surface area contributed by atoms with Gasteiger partial charge in [0.15, 0.2) is 0 Å². The molecule has 21 heavy (non-hydrogen) atoms. The maximum atomic E-state index is 12.1. The first-order chi connectivity index (χ1) is 10.1. The maximum absolute atomic E-state index is 12.1. The zero-order valence-electron chi connectivity index (χ0n) is 12.8. The SMILES string of the molecule is CCN1CCN(CC(=O)N[C@H](C)c2ccc(Cl)cc2)CC1. The third-order valence-electron chi connectivity index (χ3n) is 4.03. The third-order valence-corrected chi connectivity index (χ3v) is 4.28. The Labute approximate surface area is 132 Å². The van der Waals surface area contributed by atoms with E-state index in [1.165, 1.54) is 0 Å². The molecular weight excluding hydrogens is 286 g/mol. The molecule has 0 radical (unpaired) electrons. The van der Waals surface area contributed by atoms with Crippen LogP contribution in [0.3, 0.4) is 0 Å². The monoisotopic (exact) mass is 309 g/mol. The van der Waals surface area contributed by atoms with Gasteiger partial charge in [-0.1, -0.05) is 30.7 Å². The van der Waals surface area contributed by atoms with Crippen LogP contribution in [0.15, 0.2) is 24.3 Å². The van der Waals surface area contributed by atoms with E-state index in [0.717, 1.165) is 38.3 Å². The fourth-order valence-corrected chi connectivity index (χ4v) is 2.71. The Kier molecular flexibility index (Phi) is 6.03. The van der Waals surface area contributed by atoms with Crippen LogP contribution in [0.1, 0.15) is 25.5 Å². The topological polar surface area (TPSA) is 35.6 Å². The van der Waals surface area contributed by atoms with Crippen LogP contribution in [-0.4, -0.2) is 55.0 Å². The van der Waals surface area contributed by atoms with E-state index in [1.807, 2.05) is 31.2 Å². The van der Waals surface area contributed by atoms with E-state index in [0.29, 0.717) is 11.6 Å². The molecule has 1 amide bonds. The Morgan fingerprint density at radius 3 is 2.33 bits per heavy atom. The fraction of sp³-hybridized carbons (Fsp3) is 0.562. The summed E-state index contributed by atoms with van der Waals surface area (Å²) in [5, 5.41) is 3.76. The van der Waals surface area contributed by atoms with Gasteiger partial charge in [0.2, 0.25) is 5.91 Å². The van der Waals surface area contributed by atoms with Gasteiger partial charge in [0, 0.05) is 31.2 Å². The summed E-state index contributed by atoms with van der Waals surface area (Å²) in [6.07, 6.45) is 0. The molecule has 1 aliphatic rings. The highest BCUT2D eigenvalue weighted by molar-refractivity contribution is 6.30. The normalized spacial score (nSPS) is 18.4. The van der Waals surface area contributed by atoms with Gasteiger partial charge >= 0.3 is 0 Å². The summed E-state index contributed by atoms with van der Waals surface area (Å²) in [6, 6.07) is 7.61. The molecule has 1 saturated heterocycles. The lowest BCUT2D eigenvalue weighted by atomic mass is 10.1. The van der Waals surface area contributed by atoms with E-state index in [9.17, 15) is 4.79 Å². The van der Waals surface area contributed by atoms with E-state index in [-0.39, 0.29) is 11.9 Å². The van der Waals surface area contributed by atoms with E-state index in [1.54, 1.807) is 0 Å². The van der Waals surface area contributed by atoms with E-state index < -0.39 is 0 Å². The lowest BCUT2D eigenvalue weighted by Gasteiger charge is -2.33. The van der Waals surface area contributed by atoms with Crippen molar-refractivity contribution in [2.24, 2.45) is 0 Å². The molecular formula is C16H24ClN3O. The Bertz CT molecular complexity index is 455. The average molecular weight is 310 g/mol. The van der Waals surface area contributed by atoms with Gasteiger partial charge in [-0.2, -0.15) is 0 Å². The maximum Gasteiger partial charge on any atom is 0.234 e. The molecule has 1 aromatic carbocycles. The minimum Gasteiger partial charge on any atom is -0.348 e. The largest absolute Gasteiger partial charge is 0.348 e. The van der Waals surface area contributed by atoms with Crippen molar-refractivity contribution in [3.8, 4) is 0 Å². The van der Waals surface area contributed by atoms with Crippen molar-refractivity contribution in [2.75, 3.05) is 39.3 Å². The van der Waals surface area contributed by atoms with Crippen molar-refractivity contribution < 1.29 is 4.79 Å². The number of nitrogens with one attached hydrogen (secondary N) is 1. The molecule has 0 saturated carbocycles. The molecule has 1 aliphatic heterocycles. The van der Waals surface area contributed by atoms with Crippen molar-refractivity contribution >= 4 is 17.5 Å². The van der Waals surface area contributed by atoms with Crippen LogP contribution < -0.4 is 5.32 Å². The molecule has 5 heteroatoms. The molecule has 0 aromatic heterocycles. The first kappa shape index (κ1) is 16.3. The van der Waals surface area contributed by atoms with Crippen LogP contribution in [0.5, 0.6) is 0 Å². The Morgan fingerprint density at radius 1 is 1.19 bits per heavy atom. The van der Waals surface area contributed by atoms with Crippen molar-refractivity contribution in [3.63, 3.8) is 0 Å². The summed E-state index contributed by atoms with van der Waals surface area (Å²) in [5.74, 6) is 0.0856. The van der Waals surface area contributed by atoms with Crippen LogP contribution in [0, 0.1) is 0 Å². The Morgan fingerprint density at radius 2 is 1.76 bits per heavy atom. The van der Waals surface area contributed by atoms with Gasteiger partial charge in [-0.05, 0) is 31.2 Å². The molecule has 1 N–H and O–H groups in total.